The summed E-state index contributed by atoms with van der Waals surface area (Å²) in [6.07, 6.45) is 10.1. The number of rotatable bonds is 11. The molecule has 8 aromatic rings. The van der Waals surface area contributed by atoms with Crippen molar-refractivity contribution in [3.8, 4) is 34.7 Å². The molecule has 13 rings (SSSR count). The minimum absolute atomic E-state index is 0.0181. The summed E-state index contributed by atoms with van der Waals surface area (Å²) >= 11 is 0. The van der Waals surface area contributed by atoms with E-state index in [1.165, 1.54) is 31.7 Å². The number of benzene rings is 2. The Kier molecular flexibility index (Phi) is 11.5. The lowest BCUT2D eigenvalue weighted by Crippen LogP contribution is -2.52. The molecule has 17 nitrogen and oxygen atoms in total. The Morgan fingerprint density at radius 2 is 1.35 bits per heavy atom. The van der Waals surface area contributed by atoms with Crippen LogP contribution in [0.2, 0.25) is 0 Å². The van der Waals surface area contributed by atoms with Gasteiger partial charge in [0.1, 0.15) is 33.9 Å². The summed E-state index contributed by atoms with van der Waals surface area (Å²) in [5, 5.41) is 11.9. The third-order valence-electron chi connectivity index (χ3n) is 16.0. The van der Waals surface area contributed by atoms with Crippen LogP contribution in [0.4, 0.5) is 4.39 Å². The summed E-state index contributed by atoms with van der Waals surface area (Å²) in [5.41, 5.74) is 19.3. The van der Waals surface area contributed by atoms with Gasteiger partial charge in [0, 0.05) is 92.6 Å². The normalized spacial score (nSPS) is 21.9. The van der Waals surface area contributed by atoms with E-state index < -0.39 is 5.82 Å². The molecule has 0 spiro atoms. The van der Waals surface area contributed by atoms with E-state index in [1.54, 1.807) is 35.8 Å². The molecule has 2 aromatic carbocycles. The number of halogens is 1. The minimum atomic E-state index is -0.449. The Bertz CT molecular complexity index is 3440. The van der Waals surface area contributed by atoms with Gasteiger partial charge in [0.15, 0.2) is 11.6 Å². The lowest BCUT2D eigenvalue weighted by atomic mass is 9.98. The third kappa shape index (κ3) is 7.94. The van der Waals surface area contributed by atoms with E-state index in [4.69, 9.17) is 35.9 Å². The van der Waals surface area contributed by atoms with Crippen molar-refractivity contribution < 1.29 is 28.6 Å². The number of methoxy groups -OCH3 is 2. The van der Waals surface area contributed by atoms with Gasteiger partial charge in [-0.1, -0.05) is 0 Å². The zero-order valence-electron chi connectivity index (χ0n) is 41.2. The first-order chi connectivity index (χ1) is 34.9. The molecule has 2 amide bonds. The van der Waals surface area contributed by atoms with E-state index in [-0.39, 0.29) is 42.6 Å². The molecule has 5 aliphatic rings. The standard InChI is InChI=1S/C27H29FN6O2.C27H32N6O3/c1-32-24-18(28)9-17(27(35)34-13-16-5-7-20(34)23(16)29)10-19(24)30-26(32)21-11-15-6-8-22(36-2)31-25(15)33(21)12-14-3-4-14;1-31-24-21(10-18(12-23(24)36-2)27(35)32-14-19(28)7-8-20(32)15-34)30-26(31)22-11-17-4-3-9-29-25(17)33(22)13-16-5-6-16/h6,8-11,14,16,20,23H,3-5,7,12-13,29H2,1-2H3;3-4,9-12,16,19-20,34H,5-8,13-15,28H2,1-2H3/t16-,20-,23-;19-,20-/m10/s1. The van der Waals surface area contributed by atoms with Crippen molar-refractivity contribution in [2.45, 2.75) is 88.6 Å². The smallest absolute Gasteiger partial charge is 0.254 e. The predicted octanol–water partition coefficient (Wildman–Crippen LogP) is 6.64. The number of aliphatic hydroxyl groups is 1. The number of carbonyl (C=O) groups is 2. The monoisotopic (exact) mass is 976 g/mol. The second-order valence-electron chi connectivity index (χ2n) is 20.8. The summed E-state index contributed by atoms with van der Waals surface area (Å²) in [6.45, 7) is 2.73. The number of ether oxygens (including phenoxy) is 2. The van der Waals surface area contributed by atoms with Gasteiger partial charge in [0.05, 0.1) is 49.3 Å². The van der Waals surface area contributed by atoms with Gasteiger partial charge >= 0.3 is 0 Å². The molecule has 18 heteroatoms. The molecule has 2 saturated heterocycles. The Balaban J connectivity index is 0.000000147. The molecule has 2 bridgehead atoms. The maximum atomic E-state index is 15.5. The van der Waals surface area contributed by atoms with Gasteiger partial charge in [-0.15, -0.1) is 0 Å². The zero-order valence-corrected chi connectivity index (χ0v) is 41.2. The number of hydrogen-bond donors (Lipinski definition) is 3. The largest absolute Gasteiger partial charge is 0.494 e. The van der Waals surface area contributed by atoms with E-state index >= 15 is 4.39 Å². The predicted molar refractivity (Wildman–Crippen MR) is 272 cm³/mol. The number of piperidine rings is 2. The highest BCUT2D eigenvalue weighted by atomic mass is 19.1. The highest BCUT2D eigenvalue weighted by Crippen LogP contribution is 2.41. The van der Waals surface area contributed by atoms with E-state index in [9.17, 15) is 14.7 Å². The van der Waals surface area contributed by atoms with Crippen LogP contribution in [0.5, 0.6) is 11.6 Å². The second kappa shape index (κ2) is 18.0. The molecule has 0 radical (unpaired) electrons. The summed E-state index contributed by atoms with van der Waals surface area (Å²) in [7, 11) is 7.02. The third-order valence-corrected chi connectivity index (χ3v) is 16.0. The average Bonchev–Trinajstić information content (AvgIpc) is 4.17. The molecule has 5 fully saturated rings. The fraction of sp³-hybridized carbons (Fsp3) is 0.444. The van der Waals surface area contributed by atoms with Gasteiger partial charge in [0.2, 0.25) is 5.88 Å². The molecular formula is C54H61FN12O5. The number of hydrogen-bond acceptors (Lipinski definition) is 11. The number of aromatic nitrogens is 8. The zero-order chi connectivity index (χ0) is 49.7. The Labute approximate surface area is 415 Å². The van der Waals surface area contributed by atoms with Crippen molar-refractivity contribution in [1.29, 1.82) is 0 Å². The average molecular weight is 977 g/mol. The Morgan fingerprint density at radius 1 is 0.708 bits per heavy atom. The van der Waals surface area contributed by atoms with Crippen molar-refractivity contribution in [1.82, 2.24) is 48.0 Å². The van der Waals surface area contributed by atoms with E-state index in [1.807, 2.05) is 54.0 Å². The first-order valence-corrected chi connectivity index (χ1v) is 25.3. The molecule has 5 N–H and O–H groups in total. The molecule has 0 unspecified atom stereocenters. The van der Waals surface area contributed by atoms with Crippen molar-refractivity contribution in [2.24, 2.45) is 43.3 Å². The maximum Gasteiger partial charge on any atom is 0.254 e. The van der Waals surface area contributed by atoms with Crippen LogP contribution in [0.25, 0.3) is 67.2 Å². The topological polar surface area (TPSA) is 203 Å². The number of fused-ring (bicyclic) bond motifs is 6. The van der Waals surface area contributed by atoms with Crippen LogP contribution in [-0.2, 0) is 27.2 Å². The fourth-order valence-corrected chi connectivity index (χ4v) is 11.7. The van der Waals surface area contributed by atoms with E-state index in [0.717, 1.165) is 77.1 Å². The van der Waals surface area contributed by atoms with Gasteiger partial charge in [-0.3, -0.25) is 9.59 Å². The fourth-order valence-electron chi connectivity index (χ4n) is 11.7. The number of aliphatic hydroxyl groups excluding tert-OH is 1. The molecule has 2 aliphatic heterocycles. The number of nitrogens with two attached hydrogens (primary N) is 2. The number of likely N-dealkylation sites (tertiary alicyclic amines) is 2. The lowest BCUT2D eigenvalue weighted by Gasteiger charge is -2.37. The highest BCUT2D eigenvalue weighted by Gasteiger charge is 2.47. The molecular weight excluding hydrogens is 916 g/mol. The molecule has 374 valence electrons. The molecule has 8 heterocycles. The summed E-state index contributed by atoms with van der Waals surface area (Å²) in [4.78, 5) is 49.6. The number of amides is 2. The van der Waals surface area contributed by atoms with E-state index in [2.05, 4.69) is 32.3 Å². The van der Waals surface area contributed by atoms with Gasteiger partial charge in [-0.2, -0.15) is 4.98 Å². The summed E-state index contributed by atoms with van der Waals surface area (Å²) in [5.74, 6) is 3.43. The SMILES string of the molecule is COc1cc(C(=O)N2C[C@@H](N)CC[C@H]2CO)cc2nc(-c3cc4cccnc4n3CC3CC3)n(C)c12.COc1ccc2cc(-c3nc4cc(C(=O)N5C[C@H]6CC[C@@H]5[C@@H]6N)cc(F)c4n3C)n(CC3CC3)c2n1. The number of pyridine rings is 2. The number of imidazole rings is 2. The first-order valence-electron chi connectivity index (χ1n) is 25.3. The highest BCUT2D eigenvalue weighted by molar-refractivity contribution is 6.01. The van der Waals surface area contributed by atoms with Gasteiger partial charge in [-0.05, 0) is 124 Å². The minimum Gasteiger partial charge on any atom is -0.494 e. The van der Waals surface area contributed by atoms with Gasteiger partial charge < -0.3 is 54.1 Å². The first kappa shape index (κ1) is 46.2. The van der Waals surface area contributed by atoms with Crippen LogP contribution in [-0.4, -0.2) is 123 Å². The quantitative estimate of drug-likeness (QED) is 0.125. The molecule has 72 heavy (non-hydrogen) atoms. The van der Waals surface area contributed by atoms with Gasteiger partial charge in [-0.25, -0.2) is 19.3 Å². The number of nitrogens with zero attached hydrogens (tertiary/aromatic N) is 10. The van der Waals surface area contributed by atoms with Crippen molar-refractivity contribution >= 4 is 55.9 Å². The van der Waals surface area contributed by atoms with Crippen LogP contribution < -0.4 is 20.9 Å². The number of carbonyl (C=O) groups excluding carboxylic acids is 2. The van der Waals surface area contributed by atoms with Crippen LogP contribution in [0.15, 0.2) is 66.9 Å². The Morgan fingerprint density at radius 3 is 1.97 bits per heavy atom. The van der Waals surface area contributed by atoms with E-state index in [0.29, 0.717) is 82.4 Å². The molecule has 5 atom stereocenters. The maximum absolute atomic E-state index is 15.5. The van der Waals surface area contributed by atoms with Crippen LogP contribution in [0.1, 0.15) is 72.1 Å². The molecule has 3 saturated carbocycles. The molecule has 3 aliphatic carbocycles. The van der Waals surface area contributed by atoms with Crippen LogP contribution in [0.3, 0.4) is 0 Å². The van der Waals surface area contributed by atoms with Crippen molar-refractivity contribution in [3.05, 3.63) is 83.8 Å². The summed E-state index contributed by atoms with van der Waals surface area (Å²) in [6, 6.07) is 18.5. The second-order valence-corrected chi connectivity index (χ2v) is 20.8. The number of aryl methyl sites for hydroxylation is 2. The van der Waals surface area contributed by atoms with Crippen LogP contribution >= 0.6 is 0 Å². The van der Waals surface area contributed by atoms with Crippen molar-refractivity contribution in [2.75, 3.05) is 33.9 Å². The lowest BCUT2D eigenvalue weighted by molar-refractivity contribution is 0.0472. The Hall–Kier alpha value is -6.89. The molecule has 6 aromatic heterocycles. The van der Waals surface area contributed by atoms with Crippen molar-refractivity contribution in [3.63, 3.8) is 0 Å². The van der Waals surface area contributed by atoms with Crippen LogP contribution in [0, 0.1) is 23.6 Å². The summed E-state index contributed by atoms with van der Waals surface area (Å²) < 4.78 is 34.8. The van der Waals surface area contributed by atoms with Gasteiger partial charge in [0.25, 0.3) is 11.8 Å².